The van der Waals surface area contributed by atoms with E-state index >= 15 is 0 Å². The van der Waals surface area contributed by atoms with Gasteiger partial charge in [-0.05, 0) is 24.1 Å². The van der Waals surface area contributed by atoms with Gasteiger partial charge < -0.3 is 10.5 Å². The van der Waals surface area contributed by atoms with Gasteiger partial charge in [-0.1, -0.05) is 12.1 Å². The summed E-state index contributed by atoms with van der Waals surface area (Å²) in [5.41, 5.74) is 7.35. The number of rotatable bonds is 3. The van der Waals surface area contributed by atoms with Crippen LogP contribution in [-0.2, 0) is 11.3 Å². The summed E-state index contributed by atoms with van der Waals surface area (Å²) in [4.78, 5) is 7.55. The van der Waals surface area contributed by atoms with E-state index in [0.29, 0.717) is 17.3 Å². The average Bonchev–Trinajstić information content (AvgIpc) is 2.87. The van der Waals surface area contributed by atoms with E-state index in [2.05, 4.69) is 9.88 Å². The Kier molecular flexibility index (Phi) is 4.19. The number of ether oxygens (including phenoxy) is 1. The van der Waals surface area contributed by atoms with E-state index in [0.717, 1.165) is 30.1 Å². The van der Waals surface area contributed by atoms with Crippen LogP contribution in [-0.4, -0.2) is 29.6 Å². The largest absolute Gasteiger partial charge is 0.375 e. The maximum absolute atomic E-state index is 13.4. The Hall–Kier alpha value is -1.50. The second-order valence-electron chi connectivity index (χ2n) is 5.27. The van der Waals surface area contributed by atoms with Crippen molar-refractivity contribution in [2.24, 2.45) is 0 Å². The molecule has 0 amide bonds. The molecule has 0 radical (unpaired) electrons. The van der Waals surface area contributed by atoms with Crippen molar-refractivity contribution in [2.75, 3.05) is 25.4 Å². The summed E-state index contributed by atoms with van der Waals surface area (Å²) in [6.45, 7) is 4.96. The first-order valence-corrected chi connectivity index (χ1v) is 7.73. The Morgan fingerprint density at radius 3 is 3.10 bits per heavy atom. The molecule has 4 nitrogen and oxygen atoms in total. The molecule has 0 bridgehead atoms. The first-order chi connectivity index (χ1) is 10.1. The number of thiazole rings is 1. The van der Waals surface area contributed by atoms with Crippen molar-refractivity contribution in [1.82, 2.24) is 9.88 Å². The number of benzene rings is 1. The third kappa shape index (κ3) is 3.40. The van der Waals surface area contributed by atoms with Crippen LogP contribution in [0.15, 0.2) is 24.4 Å². The zero-order valence-electron chi connectivity index (χ0n) is 11.9. The fraction of sp³-hybridized carbons (Fsp3) is 0.400. The molecule has 0 spiro atoms. The third-order valence-electron chi connectivity index (χ3n) is 3.66. The van der Waals surface area contributed by atoms with Crippen LogP contribution in [0.2, 0.25) is 0 Å². The summed E-state index contributed by atoms with van der Waals surface area (Å²) >= 11 is 1.52. The SMILES string of the molecule is Cc1cc(C2CN(Cc3cnc(N)s3)CCO2)ccc1F. The van der Waals surface area contributed by atoms with Gasteiger partial charge in [-0.25, -0.2) is 9.37 Å². The average molecular weight is 307 g/mol. The Morgan fingerprint density at radius 1 is 1.52 bits per heavy atom. The van der Waals surface area contributed by atoms with E-state index in [-0.39, 0.29) is 11.9 Å². The molecule has 21 heavy (non-hydrogen) atoms. The van der Waals surface area contributed by atoms with E-state index in [1.54, 1.807) is 13.0 Å². The van der Waals surface area contributed by atoms with Crippen molar-refractivity contribution in [3.8, 4) is 0 Å². The zero-order chi connectivity index (χ0) is 14.8. The van der Waals surface area contributed by atoms with Gasteiger partial charge in [0, 0.05) is 30.7 Å². The Morgan fingerprint density at radius 2 is 2.38 bits per heavy atom. The highest BCUT2D eigenvalue weighted by molar-refractivity contribution is 7.15. The van der Waals surface area contributed by atoms with Crippen LogP contribution in [0.5, 0.6) is 0 Å². The highest BCUT2D eigenvalue weighted by Crippen LogP contribution is 2.26. The zero-order valence-corrected chi connectivity index (χ0v) is 12.7. The molecule has 1 saturated heterocycles. The van der Waals surface area contributed by atoms with Gasteiger partial charge >= 0.3 is 0 Å². The standard InChI is InChI=1S/C15H18FN3OS/c1-10-6-11(2-3-13(10)16)14-9-19(4-5-20-14)8-12-7-18-15(17)21-12/h2-3,6-7,14H,4-5,8-9H2,1H3,(H2,17,18). The van der Waals surface area contributed by atoms with Crippen LogP contribution in [0.4, 0.5) is 9.52 Å². The topological polar surface area (TPSA) is 51.4 Å². The van der Waals surface area contributed by atoms with Crippen molar-refractivity contribution >= 4 is 16.5 Å². The monoisotopic (exact) mass is 307 g/mol. The summed E-state index contributed by atoms with van der Waals surface area (Å²) in [5, 5.41) is 0.601. The minimum atomic E-state index is -0.174. The summed E-state index contributed by atoms with van der Waals surface area (Å²) in [6.07, 6.45) is 1.82. The van der Waals surface area contributed by atoms with Crippen molar-refractivity contribution in [3.63, 3.8) is 0 Å². The summed E-state index contributed by atoms with van der Waals surface area (Å²) in [7, 11) is 0. The number of nitrogen functional groups attached to an aromatic ring is 1. The van der Waals surface area contributed by atoms with Gasteiger partial charge in [-0.3, -0.25) is 4.90 Å². The Balaban J connectivity index is 1.68. The Bertz CT molecular complexity index is 631. The highest BCUT2D eigenvalue weighted by atomic mass is 32.1. The maximum atomic E-state index is 13.4. The fourth-order valence-electron chi connectivity index (χ4n) is 2.53. The fourth-order valence-corrected chi connectivity index (χ4v) is 3.26. The van der Waals surface area contributed by atoms with Gasteiger partial charge in [0.05, 0.1) is 12.7 Å². The van der Waals surface area contributed by atoms with Crippen molar-refractivity contribution in [3.05, 3.63) is 46.2 Å². The minimum absolute atomic E-state index is 0.0108. The van der Waals surface area contributed by atoms with Gasteiger partial charge in [0.2, 0.25) is 0 Å². The van der Waals surface area contributed by atoms with Crippen LogP contribution in [0, 0.1) is 12.7 Å². The number of aromatic nitrogens is 1. The molecule has 1 atom stereocenters. The summed E-state index contributed by atoms with van der Waals surface area (Å²) in [5.74, 6) is -0.174. The molecular formula is C15H18FN3OS. The number of hydrogen-bond donors (Lipinski definition) is 1. The second-order valence-corrected chi connectivity index (χ2v) is 6.41. The number of hydrogen-bond acceptors (Lipinski definition) is 5. The van der Waals surface area contributed by atoms with Crippen molar-refractivity contribution in [1.29, 1.82) is 0 Å². The quantitative estimate of drug-likeness (QED) is 0.947. The lowest BCUT2D eigenvalue weighted by Gasteiger charge is -2.32. The number of halogens is 1. The van der Waals surface area contributed by atoms with Gasteiger partial charge in [-0.2, -0.15) is 0 Å². The molecule has 3 rings (SSSR count). The van der Waals surface area contributed by atoms with E-state index in [1.807, 2.05) is 12.3 Å². The molecule has 1 aliphatic heterocycles. The molecular weight excluding hydrogens is 289 g/mol. The molecule has 0 aliphatic carbocycles. The predicted molar refractivity (Wildman–Crippen MR) is 81.6 cm³/mol. The molecule has 2 N–H and O–H groups in total. The molecule has 1 aromatic heterocycles. The first kappa shape index (κ1) is 14.4. The number of morpholine rings is 1. The first-order valence-electron chi connectivity index (χ1n) is 6.92. The van der Waals surface area contributed by atoms with E-state index < -0.39 is 0 Å². The number of anilines is 1. The van der Waals surface area contributed by atoms with Crippen molar-refractivity contribution in [2.45, 2.75) is 19.6 Å². The molecule has 1 aromatic carbocycles. The highest BCUT2D eigenvalue weighted by Gasteiger charge is 2.23. The number of aryl methyl sites for hydroxylation is 1. The van der Waals surface area contributed by atoms with E-state index in [1.165, 1.54) is 17.4 Å². The lowest BCUT2D eigenvalue weighted by atomic mass is 10.0. The van der Waals surface area contributed by atoms with Crippen LogP contribution in [0.3, 0.4) is 0 Å². The number of nitrogens with two attached hydrogens (primary N) is 1. The number of nitrogens with zero attached hydrogens (tertiary/aromatic N) is 2. The molecule has 6 heteroatoms. The van der Waals surface area contributed by atoms with Gasteiger partial charge in [0.1, 0.15) is 5.82 Å². The molecule has 112 valence electrons. The molecule has 2 heterocycles. The molecule has 2 aromatic rings. The summed E-state index contributed by atoms with van der Waals surface area (Å²) in [6, 6.07) is 5.19. The van der Waals surface area contributed by atoms with Crippen LogP contribution in [0.25, 0.3) is 0 Å². The van der Waals surface area contributed by atoms with Crippen molar-refractivity contribution < 1.29 is 9.13 Å². The predicted octanol–water partition coefficient (Wildman–Crippen LogP) is 2.75. The van der Waals surface area contributed by atoms with Gasteiger partial charge in [-0.15, -0.1) is 11.3 Å². The Labute approximate surface area is 127 Å². The van der Waals surface area contributed by atoms with Crippen LogP contribution < -0.4 is 5.73 Å². The minimum Gasteiger partial charge on any atom is -0.375 e. The molecule has 0 saturated carbocycles. The molecule has 1 unspecified atom stereocenters. The van der Waals surface area contributed by atoms with Crippen LogP contribution >= 0.6 is 11.3 Å². The maximum Gasteiger partial charge on any atom is 0.180 e. The second kappa shape index (κ2) is 6.09. The van der Waals surface area contributed by atoms with Crippen LogP contribution in [0.1, 0.15) is 22.1 Å². The third-order valence-corrected chi connectivity index (χ3v) is 4.47. The smallest absolute Gasteiger partial charge is 0.180 e. The lowest BCUT2D eigenvalue weighted by molar-refractivity contribution is -0.0326. The molecule has 1 aliphatic rings. The van der Waals surface area contributed by atoms with E-state index in [9.17, 15) is 4.39 Å². The normalized spacial score (nSPS) is 19.8. The van der Waals surface area contributed by atoms with E-state index in [4.69, 9.17) is 10.5 Å². The summed E-state index contributed by atoms with van der Waals surface area (Å²) < 4.78 is 19.2. The van der Waals surface area contributed by atoms with Gasteiger partial charge in [0.25, 0.3) is 0 Å². The lowest BCUT2D eigenvalue weighted by Crippen LogP contribution is -2.37. The molecule has 1 fully saturated rings. The van der Waals surface area contributed by atoms with Gasteiger partial charge in [0.15, 0.2) is 5.13 Å².